The molecule has 0 bridgehead atoms. The predicted octanol–water partition coefficient (Wildman–Crippen LogP) is 7.10. The molecule has 1 amide bonds. The smallest absolute Gasteiger partial charge is 0.288 e. The van der Waals surface area contributed by atoms with Gasteiger partial charge in [0.2, 0.25) is 0 Å². The molecule has 0 aliphatic rings. The average Bonchev–Trinajstić information content (AvgIpc) is 3.06. The quantitative estimate of drug-likeness (QED) is 0.0694. The van der Waals surface area contributed by atoms with Crippen LogP contribution in [0.1, 0.15) is 110 Å². The Morgan fingerprint density at radius 1 is 0.553 bits per heavy atom. The van der Waals surface area contributed by atoms with E-state index in [0.29, 0.717) is 0 Å². The van der Waals surface area contributed by atoms with Crippen LogP contribution < -0.4 is 5.48 Å². The molecule has 0 radical (unpaired) electrons. The van der Waals surface area contributed by atoms with Gasteiger partial charge in [-0.3, -0.25) is 24.0 Å². The van der Waals surface area contributed by atoms with Crippen molar-refractivity contribution in [1.29, 1.82) is 0 Å². The summed E-state index contributed by atoms with van der Waals surface area (Å²) in [5, 5.41) is 13.2. The first-order valence-corrected chi connectivity index (χ1v) is 14.9. The summed E-state index contributed by atoms with van der Waals surface area (Å²) in [6, 6.07) is 25.2. The van der Waals surface area contributed by atoms with E-state index >= 15 is 0 Å². The zero-order chi connectivity index (χ0) is 34.5. The lowest BCUT2D eigenvalue weighted by atomic mass is 9.81. The molecule has 0 atom stereocenters. The number of oxime groups is 1. The minimum absolute atomic E-state index is 0.0548. The van der Waals surface area contributed by atoms with E-state index in [1.165, 1.54) is 36.4 Å². The lowest BCUT2D eigenvalue weighted by molar-refractivity contribution is 0.0721. The molecule has 4 aromatic rings. The summed E-state index contributed by atoms with van der Waals surface area (Å²) in [5.41, 5.74) is 0.686. The summed E-state index contributed by atoms with van der Waals surface area (Å²) < 4.78 is 0. The summed E-state index contributed by atoms with van der Waals surface area (Å²) in [6.07, 6.45) is 0. The molecule has 0 heterocycles. The standard InChI is InChI=1S/C38H36N2O7/c1-37(2,3)33(43)25-19-13-21-27(29(25)31(41)23-15-9-7-10-16-23)35(45)40-47-36(39-46)28-22-14-20-26(34(44)38(4,5)6)30(28)32(42)24-17-11-8-12-18-24/h7-22,46H,1-6H3,(H,40,45). The molecule has 0 aliphatic heterocycles. The van der Waals surface area contributed by atoms with E-state index in [0.717, 1.165) is 0 Å². The minimum atomic E-state index is -0.924. The van der Waals surface area contributed by atoms with E-state index in [1.807, 2.05) is 0 Å². The number of amides is 1. The lowest BCUT2D eigenvalue weighted by Crippen LogP contribution is -2.32. The molecule has 4 aromatic carbocycles. The summed E-state index contributed by atoms with van der Waals surface area (Å²) in [6.45, 7) is 10.3. The Morgan fingerprint density at radius 3 is 1.34 bits per heavy atom. The van der Waals surface area contributed by atoms with Crippen molar-refractivity contribution < 1.29 is 34.0 Å². The number of rotatable bonds is 8. The highest BCUT2D eigenvalue weighted by Gasteiger charge is 2.33. The molecule has 0 fully saturated rings. The topological polar surface area (TPSA) is 139 Å². The molecule has 0 saturated carbocycles. The van der Waals surface area contributed by atoms with Gasteiger partial charge in [0.05, 0.1) is 11.1 Å². The number of nitrogens with zero attached hydrogens (tertiary/aromatic N) is 1. The van der Waals surface area contributed by atoms with Crippen LogP contribution in [-0.4, -0.2) is 40.1 Å². The molecule has 0 aliphatic carbocycles. The zero-order valence-corrected chi connectivity index (χ0v) is 27.1. The molecule has 47 heavy (non-hydrogen) atoms. The third-order valence-corrected chi connectivity index (χ3v) is 7.31. The molecule has 240 valence electrons. The van der Waals surface area contributed by atoms with Crippen LogP contribution in [0.15, 0.2) is 102 Å². The molecule has 9 heteroatoms. The second-order valence-electron chi connectivity index (χ2n) is 12.9. The first-order chi connectivity index (χ1) is 22.2. The maximum absolute atomic E-state index is 13.8. The fourth-order valence-corrected chi connectivity index (χ4v) is 4.89. The molecule has 9 nitrogen and oxygen atoms in total. The van der Waals surface area contributed by atoms with Crippen molar-refractivity contribution in [3.8, 4) is 0 Å². The Labute approximate surface area is 273 Å². The highest BCUT2D eigenvalue weighted by atomic mass is 16.7. The van der Waals surface area contributed by atoms with Crippen LogP contribution in [0.3, 0.4) is 0 Å². The van der Waals surface area contributed by atoms with Gasteiger partial charge in [-0.15, -0.1) is 0 Å². The van der Waals surface area contributed by atoms with Crippen LogP contribution in [0.25, 0.3) is 0 Å². The van der Waals surface area contributed by atoms with Crippen molar-refractivity contribution in [3.63, 3.8) is 0 Å². The van der Waals surface area contributed by atoms with Gasteiger partial charge in [0.1, 0.15) is 0 Å². The van der Waals surface area contributed by atoms with Crippen LogP contribution in [-0.2, 0) is 4.84 Å². The van der Waals surface area contributed by atoms with Crippen LogP contribution in [0, 0.1) is 10.8 Å². The monoisotopic (exact) mass is 632 g/mol. The largest absolute Gasteiger partial charge is 0.408 e. The second kappa shape index (κ2) is 13.7. The fraction of sp³-hybridized carbons (Fsp3) is 0.211. The first-order valence-electron chi connectivity index (χ1n) is 14.9. The van der Waals surface area contributed by atoms with Crippen LogP contribution in [0.4, 0.5) is 0 Å². The Balaban J connectivity index is 1.78. The maximum Gasteiger partial charge on any atom is 0.288 e. The van der Waals surface area contributed by atoms with Crippen molar-refractivity contribution >= 4 is 34.9 Å². The van der Waals surface area contributed by atoms with E-state index < -0.39 is 34.2 Å². The number of carbonyl (C=O) groups is 5. The number of ketones is 4. The van der Waals surface area contributed by atoms with Gasteiger partial charge in [-0.25, -0.2) is 0 Å². The number of Topliss-reactive ketones (excluding diaryl/α,β-unsaturated/α-hetero) is 2. The van der Waals surface area contributed by atoms with E-state index in [-0.39, 0.29) is 56.1 Å². The van der Waals surface area contributed by atoms with E-state index in [4.69, 9.17) is 4.84 Å². The molecule has 2 N–H and O–H groups in total. The number of hydrogen-bond donors (Lipinski definition) is 2. The Morgan fingerprint density at radius 2 is 0.936 bits per heavy atom. The van der Waals surface area contributed by atoms with Gasteiger partial charge in [-0.2, -0.15) is 5.48 Å². The number of hydroxylamine groups is 1. The van der Waals surface area contributed by atoms with Gasteiger partial charge >= 0.3 is 0 Å². The van der Waals surface area contributed by atoms with Crippen LogP contribution in [0.2, 0.25) is 0 Å². The first kappa shape index (κ1) is 34.2. The Hall–Kier alpha value is -5.70. The average molecular weight is 633 g/mol. The van der Waals surface area contributed by atoms with Crippen molar-refractivity contribution in [2.75, 3.05) is 0 Å². The molecule has 0 unspecified atom stereocenters. The molecular formula is C38H36N2O7. The van der Waals surface area contributed by atoms with Gasteiger partial charge < -0.3 is 10.0 Å². The molecule has 0 spiro atoms. The fourth-order valence-electron chi connectivity index (χ4n) is 4.89. The molecule has 0 saturated heterocycles. The zero-order valence-electron chi connectivity index (χ0n) is 27.1. The van der Waals surface area contributed by atoms with E-state index in [2.05, 4.69) is 10.6 Å². The number of nitrogens with one attached hydrogen (secondary N) is 1. The molecule has 4 rings (SSSR count). The summed E-state index contributed by atoms with van der Waals surface area (Å²) in [5.74, 6) is -3.29. The van der Waals surface area contributed by atoms with Gasteiger partial charge in [-0.05, 0) is 17.3 Å². The Bertz CT molecular complexity index is 1880. The van der Waals surface area contributed by atoms with Crippen molar-refractivity contribution in [2.24, 2.45) is 16.0 Å². The van der Waals surface area contributed by atoms with E-state index in [1.54, 1.807) is 102 Å². The SMILES string of the molecule is CC(C)(C)C(=O)c1cccc(C(=O)NOC(=NO)c2cccc(C(=O)C(C)(C)C)c2C(=O)c2ccccc2)c1C(=O)c1ccccc1. The van der Waals surface area contributed by atoms with Gasteiger partial charge in [-0.1, -0.05) is 126 Å². The summed E-state index contributed by atoms with van der Waals surface area (Å²) in [4.78, 5) is 73.7. The van der Waals surface area contributed by atoms with Gasteiger partial charge in [0.25, 0.3) is 11.8 Å². The van der Waals surface area contributed by atoms with Gasteiger partial charge in [0.15, 0.2) is 23.1 Å². The normalized spacial score (nSPS) is 11.8. The highest BCUT2D eigenvalue weighted by Crippen LogP contribution is 2.29. The summed E-state index contributed by atoms with van der Waals surface area (Å²) >= 11 is 0. The number of hydrogen-bond acceptors (Lipinski definition) is 8. The third kappa shape index (κ3) is 7.41. The number of benzene rings is 4. The van der Waals surface area contributed by atoms with Crippen LogP contribution in [0.5, 0.6) is 0 Å². The third-order valence-electron chi connectivity index (χ3n) is 7.31. The number of carbonyl (C=O) groups excluding carboxylic acids is 5. The second-order valence-corrected chi connectivity index (χ2v) is 12.9. The minimum Gasteiger partial charge on any atom is -0.408 e. The van der Waals surface area contributed by atoms with Crippen molar-refractivity contribution in [1.82, 2.24) is 5.48 Å². The molecular weight excluding hydrogens is 596 g/mol. The predicted molar refractivity (Wildman–Crippen MR) is 177 cm³/mol. The summed E-state index contributed by atoms with van der Waals surface area (Å²) in [7, 11) is 0. The van der Waals surface area contributed by atoms with Crippen LogP contribution >= 0.6 is 0 Å². The van der Waals surface area contributed by atoms with Gasteiger partial charge in [0, 0.05) is 44.2 Å². The van der Waals surface area contributed by atoms with Crippen molar-refractivity contribution in [2.45, 2.75) is 41.5 Å². The van der Waals surface area contributed by atoms with E-state index in [9.17, 15) is 29.2 Å². The highest BCUT2D eigenvalue weighted by molar-refractivity contribution is 6.22. The van der Waals surface area contributed by atoms with Crippen molar-refractivity contribution in [3.05, 3.63) is 142 Å². The molecule has 0 aromatic heterocycles. The maximum atomic E-state index is 13.8. The lowest BCUT2D eigenvalue weighted by Gasteiger charge is -2.21. The Kier molecular flexibility index (Phi) is 9.99.